The third-order valence-electron chi connectivity index (χ3n) is 1.58. The minimum absolute atomic E-state index is 0.288. The number of carbonyl (C=O) groups is 2. The first-order chi connectivity index (χ1) is 7.76. The number of aliphatic carboxylic acids is 1. The predicted octanol–water partition coefficient (Wildman–Crippen LogP) is 0.668. The Morgan fingerprint density at radius 1 is 1.41 bits per heavy atom. The van der Waals surface area contributed by atoms with Gasteiger partial charge in [0.2, 0.25) is 0 Å². The van der Waals surface area contributed by atoms with Crippen LogP contribution >= 0.6 is 0 Å². The standard InChI is InChI=1S/C9H11F3N2O3/c1-2-5-14(6-7(15)16)8(17)13-4-3-9(10,11)12/h1H,3-6H2,(H,13,17)(H,15,16). The molecule has 2 N–H and O–H groups in total. The van der Waals surface area contributed by atoms with Crippen LogP contribution in [-0.4, -0.2) is 47.8 Å². The van der Waals surface area contributed by atoms with Gasteiger partial charge in [0.15, 0.2) is 0 Å². The lowest BCUT2D eigenvalue weighted by Crippen LogP contribution is -2.43. The average molecular weight is 252 g/mol. The van der Waals surface area contributed by atoms with Gasteiger partial charge in [0.1, 0.15) is 6.54 Å². The van der Waals surface area contributed by atoms with Gasteiger partial charge >= 0.3 is 18.2 Å². The molecule has 0 radical (unpaired) electrons. The zero-order valence-corrected chi connectivity index (χ0v) is 8.75. The van der Waals surface area contributed by atoms with E-state index >= 15 is 0 Å². The van der Waals surface area contributed by atoms with Crippen LogP contribution in [0.1, 0.15) is 6.42 Å². The van der Waals surface area contributed by atoms with Gasteiger partial charge < -0.3 is 15.3 Å². The van der Waals surface area contributed by atoms with Crippen molar-refractivity contribution in [1.29, 1.82) is 0 Å². The summed E-state index contributed by atoms with van der Waals surface area (Å²) in [5.74, 6) is 0.740. The summed E-state index contributed by atoms with van der Waals surface area (Å²) in [5.41, 5.74) is 0. The second kappa shape index (κ2) is 6.62. The summed E-state index contributed by atoms with van der Waals surface area (Å²) < 4.78 is 35.3. The Hall–Kier alpha value is -1.91. The number of hydrogen-bond acceptors (Lipinski definition) is 2. The number of halogens is 3. The molecule has 0 aromatic rings. The molecule has 0 saturated heterocycles. The first-order valence-corrected chi connectivity index (χ1v) is 4.51. The summed E-state index contributed by atoms with van der Waals surface area (Å²) in [6, 6.07) is -0.936. The number of nitrogens with zero attached hydrogens (tertiary/aromatic N) is 1. The maximum absolute atomic E-state index is 11.8. The molecule has 2 amide bonds. The van der Waals surface area contributed by atoms with E-state index in [-0.39, 0.29) is 6.54 Å². The van der Waals surface area contributed by atoms with Gasteiger partial charge in [0.05, 0.1) is 13.0 Å². The van der Waals surface area contributed by atoms with E-state index in [0.717, 1.165) is 4.90 Å². The lowest BCUT2D eigenvalue weighted by Gasteiger charge is -2.18. The number of amides is 2. The van der Waals surface area contributed by atoms with E-state index in [9.17, 15) is 22.8 Å². The normalized spacial score (nSPS) is 10.5. The molecule has 0 atom stereocenters. The molecule has 0 unspecified atom stereocenters. The Kier molecular flexibility index (Phi) is 5.88. The van der Waals surface area contributed by atoms with Crippen molar-refractivity contribution in [1.82, 2.24) is 10.2 Å². The number of alkyl halides is 3. The van der Waals surface area contributed by atoms with Crippen LogP contribution in [-0.2, 0) is 4.79 Å². The topological polar surface area (TPSA) is 69.6 Å². The predicted molar refractivity (Wildman–Crippen MR) is 52.1 cm³/mol. The molecular weight excluding hydrogens is 241 g/mol. The highest BCUT2D eigenvalue weighted by molar-refractivity contribution is 5.80. The molecule has 0 aliphatic rings. The quantitative estimate of drug-likeness (QED) is 0.706. The molecule has 0 aliphatic carbocycles. The van der Waals surface area contributed by atoms with Crippen molar-refractivity contribution in [2.75, 3.05) is 19.6 Å². The summed E-state index contributed by atoms with van der Waals surface area (Å²) >= 11 is 0. The van der Waals surface area contributed by atoms with E-state index in [1.807, 2.05) is 11.2 Å². The van der Waals surface area contributed by atoms with Crippen molar-refractivity contribution < 1.29 is 27.9 Å². The van der Waals surface area contributed by atoms with Crippen molar-refractivity contribution in [2.45, 2.75) is 12.6 Å². The molecule has 0 aromatic carbocycles. The Labute approximate surface area is 95.6 Å². The van der Waals surface area contributed by atoms with Gasteiger partial charge in [-0.1, -0.05) is 5.92 Å². The fraction of sp³-hybridized carbons (Fsp3) is 0.556. The van der Waals surface area contributed by atoms with Crippen LogP contribution < -0.4 is 5.32 Å². The summed E-state index contributed by atoms with van der Waals surface area (Å²) in [5, 5.41) is 10.4. The molecule has 17 heavy (non-hydrogen) atoms. The molecule has 8 heteroatoms. The van der Waals surface area contributed by atoms with E-state index in [0.29, 0.717) is 0 Å². The lowest BCUT2D eigenvalue weighted by molar-refractivity contribution is -0.138. The minimum Gasteiger partial charge on any atom is -0.480 e. The molecule has 0 fully saturated rings. The highest BCUT2D eigenvalue weighted by Crippen LogP contribution is 2.18. The number of carbonyl (C=O) groups excluding carboxylic acids is 1. The van der Waals surface area contributed by atoms with Crippen LogP contribution in [0, 0.1) is 12.3 Å². The van der Waals surface area contributed by atoms with Gasteiger partial charge in [-0.3, -0.25) is 4.79 Å². The van der Waals surface area contributed by atoms with Gasteiger partial charge in [0.25, 0.3) is 0 Å². The number of terminal acetylenes is 1. The number of carboxylic acid groups (broad SMARTS) is 1. The second-order valence-electron chi connectivity index (χ2n) is 3.05. The van der Waals surface area contributed by atoms with Crippen molar-refractivity contribution in [2.24, 2.45) is 0 Å². The zero-order chi connectivity index (χ0) is 13.5. The van der Waals surface area contributed by atoms with Crippen LogP contribution in [0.5, 0.6) is 0 Å². The molecule has 96 valence electrons. The van der Waals surface area contributed by atoms with E-state index in [1.54, 1.807) is 0 Å². The minimum atomic E-state index is -4.38. The number of carboxylic acids is 1. The molecular formula is C9H11F3N2O3. The van der Waals surface area contributed by atoms with Crippen LogP contribution in [0.4, 0.5) is 18.0 Å². The summed E-state index contributed by atoms with van der Waals surface area (Å²) in [6.45, 7) is -1.57. The Balaban J connectivity index is 4.15. The molecule has 0 aromatic heterocycles. The molecule has 0 heterocycles. The zero-order valence-electron chi connectivity index (χ0n) is 8.75. The maximum atomic E-state index is 11.8. The highest BCUT2D eigenvalue weighted by atomic mass is 19.4. The smallest absolute Gasteiger partial charge is 0.390 e. The first-order valence-electron chi connectivity index (χ1n) is 4.51. The Morgan fingerprint density at radius 3 is 2.41 bits per heavy atom. The second-order valence-corrected chi connectivity index (χ2v) is 3.05. The largest absolute Gasteiger partial charge is 0.480 e. The maximum Gasteiger partial charge on any atom is 0.390 e. The molecule has 5 nitrogen and oxygen atoms in total. The molecule has 0 bridgehead atoms. The monoisotopic (exact) mass is 252 g/mol. The molecule has 0 aliphatic heterocycles. The fourth-order valence-corrected chi connectivity index (χ4v) is 0.896. The number of urea groups is 1. The Bertz CT molecular complexity index is 322. The van der Waals surface area contributed by atoms with Crippen molar-refractivity contribution >= 4 is 12.0 Å². The van der Waals surface area contributed by atoms with Gasteiger partial charge in [-0.2, -0.15) is 13.2 Å². The fourth-order valence-electron chi connectivity index (χ4n) is 0.896. The Morgan fingerprint density at radius 2 is 2.00 bits per heavy atom. The highest BCUT2D eigenvalue weighted by Gasteiger charge is 2.27. The van der Waals surface area contributed by atoms with E-state index in [2.05, 4.69) is 0 Å². The van der Waals surface area contributed by atoms with E-state index in [4.69, 9.17) is 11.5 Å². The van der Waals surface area contributed by atoms with Crippen LogP contribution in [0.15, 0.2) is 0 Å². The van der Waals surface area contributed by atoms with Crippen molar-refractivity contribution in [3.63, 3.8) is 0 Å². The lowest BCUT2D eigenvalue weighted by atomic mass is 10.4. The SMILES string of the molecule is C#CCN(CC(=O)O)C(=O)NCCC(F)(F)F. The van der Waals surface area contributed by atoms with Crippen molar-refractivity contribution in [3.8, 4) is 12.3 Å². The third kappa shape index (κ3) is 7.96. The van der Waals surface area contributed by atoms with Gasteiger partial charge in [0, 0.05) is 6.54 Å². The van der Waals surface area contributed by atoms with Gasteiger partial charge in [-0.15, -0.1) is 6.42 Å². The summed E-state index contributed by atoms with van der Waals surface area (Å²) in [6.07, 6.45) is -0.667. The van der Waals surface area contributed by atoms with E-state index < -0.39 is 37.7 Å². The van der Waals surface area contributed by atoms with Crippen LogP contribution in [0.25, 0.3) is 0 Å². The number of nitrogens with one attached hydrogen (secondary N) is 1. The van der Waals surface area contributed by atoms with Crippen molar-refractivity contribution in [3.05, 3.63) is 0 Å². The number of hydrogen-bond donors (Lipinski definition) is 2. The van der Waals surface area contributed by atoms with E-state index in [1.165, 1.54) is 0 Å². The third-order valence-corrected chi connectivity index (χ3v) is 1.58. The summed E-state index contributed by atoms with van der Waals surface area (Å²) in [4.78, 5) is 22.3. The van der Waals surface area contributed by atoms with Gasteiger partial charge in [-0.05, 0) is 0 Å². The summed E-state index contributed by atoms with van der Waals surface area (Å²) in [7, 11) is 0. The molecule has 0 saturated carbocycles. The average Bonchev–Trinajstić information content (AvgIpc) is 2.14. The van der Waals surface area contributed by atoms with Crippen LogP contribution in [0.2, 0.25) is 0 Å². The molecule has 0 rings (SSSR count). The van der Waals surface area contributed by atoms with Gasteiger partial charge in [-0.25, -0.2) is 4.79 Å². The molecule has 0 spiro atoms. The van der Waals surface area contributed by atoms with Crippen LogP contribution in [0.3, 0.4) is 0 Å². The number of rotatable bonds is 5. The first kappa shape index (κ1) is 15.1.